The van der Waals surface area contributed by atoms with E-state index in [-0.39, 0.29) is 88.9 Å². The van der Waals surface area contributed by atoms with Crippen molar-refractivity contribution in [3.8, 4) is 5.75 Å². The number of aliphatic hydroxyl groups is 1. The highest BCUT2D eigenvalue weighted by Crippen LogP contribution is 2.28. The molecular weight excluding hydrogens is 1760 g/mol. The molecule has 0 radical (unpaired) electrons. The number of H-pyrrole nitrogens is 3. The van der Waals surface area contributed by atoms with E-state index in [0.717, 1.165) is 36.3 Å². The molecule has 15 atom stereocenters. The van der Waals surface area contributed by atoms with Crippen molar-refractivity contribution in [1.29, 1.82) is 0 Å². The lowest BCUT2D eigenvalue weighted by molar-refractivity contribution is -0.149. The quantitative estimate of drug-likeness (QED) is 0.0249. The van der Waals surface area contributed by atoms with Gasteiger partial charge in [-0.15, -0.1) is 11.8 Å². The number of nitrogens with two attached hydrogens (primary N) is 4. The Kier molecular flexibility index (Phi) is 38.7. The Morgan fingerprint density at radius 2 is 1.04 bits per heavy atom. The van der Waals surface area contributed by atoms with Gasteiger partial charge in [0.15, 0.2) is 0 Å². The molecule has 3 aromatic heterocycles. The fourth-order valence-corrected chi connectivity index (χ4v) is 17.4. The SMILES string of the molecule is CCCC[C@H]1C(=O)N(C)[C@@H](CCCC)C(=O)N[C@@H](CCN)C(=O)N[C@H](C(=O)NCC(N)=O)CSCC(=O)N[C@@H](Cc2ccc(O)cc2)C(=O)N(C)[C@@H](C)C(=O)N[C@@H](CC(N)=O)C(=O)N2CCC[C@H]2C(=O)N[C@@H](Cc2cnc[nH]2)C(=O)N[C@@H](CCC(=O)O)C(=O)N2C[C@H](O)C[C@H]2C(=O)N[C@@H](Cc2c[nH]c3ccccc23)C(=O)N[C@@H](CCN)C(=O)N[C@@H](Cc2c[nH]c3ccccc23)C(=O)N1C. The standard InChI is InChI=1S/C89H123N23O21S/c1-7-9-20-68-82(126)101-60(30-32-91)79(123)107-67(77(121)97-43-73(93)116)45-134-46-74(117)99-64(34-49-23-25-53(113)26-24-49)85(129)108(4)48(3)76(120)105-66(39-72(92)115)88(132)111-33-15-22-69(111)83(127)104-63(37-52-42-94-47-98-52)81(125)102-61(27-28-75(118)119)87(131)112-44-54(114)38-71(112)84(128)103-62(35-50-40-95-57-18-13-11-16-55(50)57)80(124)100-59(29-31-90)78(122)106-65(36-51-41-96-58-19-14-12-17-56(51)58)86(130)110(6)70(21-10-8-2)89(133)109(68)5/h11-14,16-19,23-26,40-42,47-48,54,59-71,95-96,113-114H,7-10,15,20-22,27-39,43-46,90-91H2,1-6H3,(H2,92,115)(H2,93,116)(H,94,98)(H,97,121)(H,99,117)(H,100,124)(H,101,126)(H,102,125)(H,103,128)(H,104,127)(H,105,120)(H,106,122)(H,107,123)(H,118,119)/t48-,54+,59-,60-,61-,62-,63-,64-,65-,66-,67-,68-,69-,70-,71-/m0/s1. The summed E-state index contributed by atoms with van der Waals surface area (Å²) in [5, 5.41) is 59.3. The van der Waals surface area contributed by atoms with Gasteiger partial charge in [0, 0.05) is 125 Å². The molecule has 3 aliphatic heterocycles. The van der Waals surface area contributed by atoms with E-state index in [0.29, 0.717) is 64.2 Å². The van der Waals surface area contributed by atoms with Gasteiger partial charge in [-0.25, -0.2) is 4.98 Å². The van der Waals surface area contributed by atoms with E-state index in [4.69, 9.17) is 22.9 Å². The Bertz CT molecular complexity index is 5190. The first-order valence-electron chi connectivity index (χ1n) is 44.6. The number of benzene rings is 3. The number of carboxylic acid groups (broad SMARTS) is 1. The summed E-state index contributed by atoms with van der Waals surface area (Å²) in [6.45, 7) is 2.98. The second kappa shape index (κ2) is 49.8. The van der Waals surface area contributed by atoms with Gasteiger partial charge < -0.3 is 131 Å². The summed E-state index contributed by atoms with van der Waals surface area (Å²) in [5.41, 5.74) is 26.3. The maximum atomic E-state index is 15.8. The number of aromatic amines is 3. The largest absolute Gasteiger partial charge is 0.508 e. The number of unbranched alkanes of at least 4 members (excludes halogenated alkanes) is 2. The fourth-order valence-electron chi connectivity index (χ4n) is 16.5. The van der Waals surface area contributed by atoms with Crippen LogP contribution in [0.5, 0.6) is 5.75 Å². The van der Waals surface area contributed by atoms with Gasteiger partial charge in [0.25, 0.3) is 0 Å². The summed E-state index contributed by atoms with van der Waals surface area (Å²) in [4.78, 5) is 281. The minimum Gasteiger partial charge on any atom is -0.508 e. The normalized spacial score (nSPS) is 24.8. The number of nitrogens with one attached hydrogen (secondary N) is 13. The molecule has 0 aliphatic carbocycles. The number of phenols is 1. The first-order valence-corrected chi connectivity index (χ1v) is 45.8. The molecule has 24 N–H and O–H groups in total. The van der Waals surface area contributed by atoms with Crippen LogP contribution in [0.25, 0.3) is 21.8 Å². The number of phenolic OH excluding ortho intramolecular Hbond substituents is 1. The molecule has 44 nitrogen and oxygen atoms in total. The van der Waals surface area contributed by atoms with E-state index in [1.54, 1.807) is 60.9 Å². The third-order valence-corrected chi connectivity index (χ3v) is 25.0. The highest BCUT2D eigenvalue weighted by molar-refractivity contribution is 8.00. The summed E-state index contributed by atoms with van der Waals surface area (Å²) < 4.78 is 0. The Labute approximate surface area is 776 Å². The Hall–Kier alpha value is -13.6. The smallest absolute Gasteiger partial charge is 0.303 e. The average molecular weight is 1880 g/mol. The maximum Gasteiger partial charge on any atom is 0.303 e. The molecule has 3 aliphatic rings. The number of rotatable bonds is 26. The maximum absolute atomic E-state index is 15.8. The number of aliphatic hydroxyl groups excluding tert-OH is 1. The first kappa shape index (κ1) is 104. The monoisotopic (exact) mass is 1880 g/mol. The highest BCUT2D eigenvalue weighted by Gasteiger charge is 2.47. The number of aliphatic carboxylic acids is 1. The minimum absolute atomic E-state index is 0.000122. The van der Waals surface area contributed by atoms with E-state index >= 15 is 38.4 Å². The van der Waals surface area contributed by atoms with E-state index in [9.17, 15) is 63.3 Å². The van der Waals surface area contributed by atoms with Crippen molar-refractivity contribution in [2.75, 3.05) is 65.4 Å². The Morgan fingerprint density at radius 3 is 1.62 bits per heavy atom. The molecule has 0 spiro atoms. The molecule has 134 heavy (non-hydrogen) atoms. The van der Waals surface area contributed by atoms with Crippen LogP contribution in [0.2, 0.25) is 0 Å². The van der Waals surface area contributed by atoms with Crippen molar-refractivity contribution in [1.82, 2.24) is 97.6 Å². The number of aromatic hydroxyl groups is 1. The fraction of sp³-hybridized carbons (Fsp3) is 0.517. The van der Waals surface area contributed by atoms with E-state index < -0.39 is 254 Å². The molecule has 0 unspecified atom stereocenters. The van der Waals surface area contributed by atoms with Gasteiger partial charge >= 0.3 is 5.97 Å². The van der Waals surface area contributed by atoms with Crippen LogP contribution < -0.4 is 76.1 Å². The first-order chi connectivity index (χ1) is 63.9. The number of carbonyl (C=O) groups excluding carboxylic acids is 17. The summed E-state index contributed by atoms with van der Waals surface area (Å²) in [5.74, 6) is -19.0. The van der Waals surface area contributed by atoms with Crippen LogP contribution in [0.15, 0.2) is 97.7 Å². The summed E-state index contributed by atoms with van der Waals surface area (Å²) in [6, 6.07) is -2.55. The number of imidazole rings is 1. The predicted octanol–water partition coefficient (Wildman–Crippen LogP) is -3.67. The van der Waals surface area contributed by atoms with Gasteiger partial charge in [-0.05, 0) is 106 Å². The number of primary amides is 2. The Balaban J connectivity index is 1.10. The number of carboxylic acids is 1. The van der Waals surface area contributed by atoms with Crippen LogP contribution in [0.1, 0.15) is 133 Å². The van der Waals surface area contributed by atoms with Crippen LogP contribution in [-0.4, -0.2) is 322 Å². The van der Waals surface area contributed by atoms with Crippen molar-refractivity contribution in [2.45, 2.75) is 227 Å². The lowest BCUT2D eigenvalue weighted by atomic mass is 9.99. The lowest BCUT2D eigenvalue weighted by Gasteiger charge is -2.36. The minimum atomic E-state index is -1.84. The number of fused-ring (bicyclic) bond motifs is 4. The van der Waals surface area contributed by atoms with Gasteiger partial charge in [0.1, 0.15) is 90.3 Å². The molecular formula is C89H123N23O21S. The predicted molar refractivity (Wildman–Crippen MR) is 488 cm³/mol. The van der Waals surface area contributed by atoms with Gasteiger partial charge in [-0.3, -0.25) is 86.3 Å². The van der Waals surface area contributed by atoms with Crippen molar-refractivity contribution in [3.63, 3.8) is 0 Å². The molecule has 3 fully saturated rings. The van der Waals surface area contributed by atoms with Crippen LogP contribution in [0.4, 0.5) is 0 Å². The number of thioether (sulfide) groups is 1. The number of amides is 17. The molecule has 45 heteroatoms. The van der Waals surface area contributed by atoms with Crippen molar-refractivity contribution in [3.05, 3.63) is 120 Å². The van der Waals surface area contributed by atoms with Gasteiger partial charge in [-0.1, -0.05) is 88.1 Å². The Morgan fingerprint density at radius 1 is 0.522 bits per heavy atom. The highest BCUT2D eigenvalue weighted by atomic mass is 32.2. The molecule has 3 saturated heterocycles. The van der Waals surface area contributed by atoms with Crippen molar-refractivity contribution >= 4 is 140 Å². The van der Waals surface area contributed by atoms with Crippen molar-refractivity contribution in [2.24, 2.45) is 22.9 Å². The summed E-state index contributed by atoms with van der Waals surface area (Å²) in [6.07, 6.45) is 1.57. The average Bonchev–Trinajstić information content (AvgIpc) is 1.13. The van der Waals surface area contributed by atoms with E-state index in [1.807, 2.05) is 13.8 Å². The summed E-state index contributed by atoms with van der Waals surface area (Å²) >= 11 is 0.762. The molecule has 17 amide bonds. The number of hydrogen-bond donors (Lipinski definition) is 20. The molecule has 6 heterocycles. The summed E-state index contributed by atoms with van der Waals surface area (Å²) in [7, 11) is 3.91. The number of nitrogens with zero attached hydrogens (tertiary/aromatic N) is 6. The topological polar surface area (TPSA) is 669 Å². The van der Waals surface area contributed by atoms with Gasteiger partial charge in [0.2, 0.25) is 100 Å². The zero-order valence-electron chi connectivity index (χ0n) is 75.7. The zero-order chi connectivity index (χ0) is 97.7. The van der Waals surface area contributed by atoms with Crippen LogP contribution >= 0.6 is 11.8 Å². The third-order valence-electron chi connectivity index (χ3n) is 24.0. The number of aromatic nitrogens is 4. The number of hydrogen-bond acceptors (Lipinski definition) is 24. The lowest BCUT2D eigenvalue weighted by Crippen LogP contribution is -2.61. The zero-order valence-corrected chi connectivity index (χ0v) is 76.5. The van der Waals surface area contributed by atoms with E-state index in [2.05, 4.69) is 73.1 Å². The molecule has 726 valence electrons. The molecule has 0 bridgehead atoms. The molecule has 9 rings (SSSR count). The van der Waals surface area contributed by atoms with Crippen molar-refractivity contribution < 1.29 is 102 Å². The van der Waals surface area contributed by atoms with Crippen LogP contribution in [0.3, 0.4) is 0 Å². The number of para-hydroxylation sites is 2. The number of likely N-dealkylation sites (N-methyl/N-ethyl adjacent to an activating group) is 3. The third kappa shape index (κ3) is 28.5. The second-order valence-corrected chi connectivity index (χ2v) is 34.8. The number of carbonyl (C=O) groups is 18. The van der Waals surface area contributed by atoms with Crippen LogP contribution in [0, 0.1) is 0 Å². The molecule has 3 aromatic carbocycles. The molecule has 6 aromatic rings. The molecule has 0 saturated carbocycles. The van der Waals surface area contributed by atoms with Gasteiger partial charge in [0.05, 0.1) is 31.1 Å². The van der Waals surface area contributed by atoms with E-state index in [1.165, 1.54) is 64.9 Å². The van der Waals surface area contributed by atoms with Crippen LogP contribution in [-0.2, 0) is 112 Å². The second-order valence-electron chi connectivity index (χ2n) is 33.8. The van der Waals surface area contributed by atoms with Gasteiger partial charge in [-0.2, -0.15) is 0 Å².